The van der Waals surface area contributed by atoms with Crippen molar-refractivity contribution >= 4 is 5.78 Å². The number of piperazine rings is 1. The fourth-order valence-corrected chi connectivity index (χ4v) is 3.36. The van der Waals surface area contributed by atoms with E-state index in [4.69, 9.17) is 0 Å². The summed E-state index contributed by atoms with van der Waals surface area (Å²) >= 11 is 0. The van der Waals surface area contributed by atoms with Gasteiger partial charge < -0.3 is 4.90 Å². The summed E-state index contributed by atoms with van der Waals surface area (Å²) < 4.78 is 0. The second-order valence-electron chi connectivity index (χ2n) is 7.69. The molecule has 140 valence electrons. The highest BCUT2D eigenvalue weighted by atomic mass is 16.1. The lowest BCUT2D eigenvalue weighted by atomic mass is 9.97. The van der Waals surface area contributed by atoms with Gasteiger partial charge in [-0.25, -0.2) is 0 Å². The highest BCUT2D eigenvalue weighted by molar-refractivity contribution is 5.80. The van der Waals surface area contributed by atoms with E-state index < -0.39 is 0 Å². The van der Waals surface area contributed by atoms with Gasteiger partial charge in [-0.2, -0.15) is 0 Å². The van der Waals surface area contributed by atoms with E-state index in [1.54, 1.807) is 0 Å². The number of hydrogen-bond donors (Lipinski definition) is 0. The van der Waals surface area contributed by atoms with Crippen LogP contribution in [0.4, 0.5) is 0 Å². The molecule has 0 saturated carbocycles. The Hall–Kier alpha value is -1.19. The van der Waals surface area contributed by atoms with Crippen molar-refractivity contribution < 1.29 is 4.79 Å². The number of carbonyl (C=O) groups excluding carboxylic acids is 1. The van der Waals surface area contributed by atoms with Gasteiger partial charge >= 0.3 is 0 Å². The van der Waals surface area contributed by atoms with Crippen LogP contribution in [0.3, 0.4) is 0 Å². The van der Waals surface area contributed by atoms with Crippen molar-refractivity contribution in [2.75, 3.05) is 32.7 Å². The molecular formula is C22H36N2O. The zero-order chi connectivity index (χ0) is 18.2. The normalized spacial score (nSPS) is 18.9. The molecule has 0 spiro atoms. The lowest BCUT2D eigenvalue weighted by Crippen LogP contribution is -2.46. The highest BCUT2D eigenvalue weighted by Gasteiger charge is 2.19. The fraction of sp³-hybridized carbons (Fsp3) is 0.682. The number of hydrogen-bond acceptors (Lipinski definition) is 3. The largest absolute Gasteiger partial charge is 0.300 e. The maximum atomic E-state index is 12.0. The summed E-state index contributed by atoms with van der Waals surface area (Å²) in [5.41, 5.74) is 2.86. The van der Waals surface area contributed by atoms with Crippen molar-refractivity contribution in [2.24, 2.45) is 5.92 Å². The Morgan fingerprint density at radius 2 is 1.56 bits per heavy atom. The molecule has 1 aliphatic rings. The second kappa shape index (κ2) is 10.1. The van der Waals surface area contributed by atoms with Crippen molar-refractivity contribution in [3.05, 3.63) is 35.4 Å². The molecule has 0 aromatic heterocycles. The lowest BCUT2D eigenvalue weighted by Gasteiger charge is -2.34. The van der Waals surface area contributed by atoms with Crippen molar-refractivity contribution in [2.45, 2.75) is 59.4 Å². The minimum atomic E-state index is 0.222. The minimum Gasteiger partial charge on any atom is -0.300 e. The van der Waals surface area contributed by atoms with Gasteiger partial charge in [0.2, 0.25) is 0 Å². The summed E-state index contributed by atoms with van der Waals surface area (Å²) in [6.45, 7) is 15.0. The number of nitrogens with zero attached hydrogens (tertiary/aromatic N) is 2. The molecule has 1 heterocycles. The molecule has 1 aromatic carbocycles. The molecule has 3 nitrogen and oxygen atoms in total. The summed E-state index contributed by atoms with van der Waals surface area (Å²) in [6, 6.07) is 9.16. The maximum Gasteiger partial charge on any atom is 0.136 e. The molecule has 0 aliphatic carbocycles. The van der Waals surface area contributed by atoms with Crippen LogP contribution in [0.15, 0.2) is 24.3 Å². The first-order valence-electron chi connectivity index (χ1n) is 10.1. The maximum absolute atomic E-state index is 12.0. The van der Waals surface area contributed by atoms with E-state index in [9.17, 15) is 4.79 Å². The topological polar surface area (TPSA) is 23.6 Å². The summed E-state index contributed by atoms with van der Waals surface area (Å²) in [6.07, 6.45) is 2.87. The highest BCUT2D eigenvalue weighted by Crippen LogP contribution is 2.19. The van der Waals surface area contributed by atoms with E-state index in [-0.39, 0.29) is 5.92 Å². The Bertz CT molecular complexity index is 517. The standard InChI is InChI=1S/C22H36N2O/c1-5-18(3)21-9-7-20(8-10-21)17-24-15-13-23(14-16-24)12-11-22(25)19(4)6-2/h7-10,18-19H,5-6,11-17H2,1-4H3. The van der Waals surface area contributed by atoms with Crippen molar-refractivity contribution in [3.63, 3.8) is 0 Å². The third kappa shape index (κ3) is 6.23. The molecule has 2 unspecified atom stereocenters. The van der Waals surface area contributed by atoms with Crippen LogP contribution in [-0.4, -0.2) is 48.3 Å². The third-order valence-corrected chi connectivity index (χ3v) is 5.87. The zero-order valence-corrected chi connectivity index (χ0v) is 16.6. The van der Waals surface area contributed by atoms with Crippen LogP contribution in [0.5, 0.6) is 0 Å². The first-order valence-corrected chi connectivity index (χ1v) is 10.1. The van der Waals surface area contributed by atoms with Gasteiger partial charge in [0.25, 0.3) is 0 Å². The van der Waals surface area contributed by atoms with Gasteiger partial charge in [0.1, 0.15) is 5.78 Å². The first-order chi connectivity index (χ1) is 12.0. The monoisotopic (exact) mass is 344 g/mol. The van der Waals surface area contributed by atoms with Gasteiger partial charge in [-0.15, -0.1) is 0 Å². The molecule has 0 N–H and O–H groups in total. The average Bonchev–Trinajstić information content (AvgIpc) is 2.66. The van der Waals surface area contributed by atoms with E-state index in [2.05, 4.69) is 54.8 Å². The molecular weight excluding hydrogens is 308 g/mol. The summed E-state index contributed by atoms with van der Waals surface area (Å²) in [4.78, 5) is 17.0. The van der Waals surface area contributed by atoms with Gasteiger partial charge in [0.05, 0.1) is 0 Å². The number of ketones is 1. The zero-order valence-electron chi connectivity index (χ0n) is 16.6. The number of Topliss-reactive ketones (excluding diaryl/α,β-unsaturated/α-hetero) is 1. The molecule has 0 radical (unpaired) electrons. The molecule has 1 saturated heterocycles. The van der Waals surface area contributed by atoms with Gasteiger partial charge in [-0.05, 0) is 29.9 Å². The second-order valence-corrected chi connectivity index (χ2v) is 7.69. The molecule has 25 heavy (non-hydrogen) atoms. The molecule has 2 rings (SSSR count). The van der Waals surface area contributed by atoms with E-state index >= 15 is 0 Å². The Morgan fingerprint density at radius 1 is 0.960 bits per heavy atom. The molecule has 3 heteroatoms. The summed E-state index contributed by atoms with van der Waals surface area (Å²) in [7, 11) is 0. The van der Waals surface area contributed by atoms with E-state index in [1.165, 1.54) is 17.5 Å². The smallest absolute Gasteiger partial charge is 0.136 e. The van der Waals surface area contributed by atoms with Crippen LogP contribution in [0.25, 0.3) is 0 Å². The van der Waals surface area contributed by atoms with Gasteiger partial charge in [-0.3, -0.25) is 9.69 Å². The number of carbonyl (C=O) groups is 1. The van der Waals surface area contributed by atoms with Crippen LogP contribution in [0.1, 0.15) is 64.0 Å². The minimum absolute atomic E-state index is 0.222. The van der Waals surface area contributed by atoms with Crippen LogP contribution in [-0.2, 0) is 11.3 Å². The van der Waals surface area contributed by atoms with Gasteiger partial charge in [-0.1, -0.05) is 52.0 Å². The Balaban J connectivity index is 1.72. The Morgan fingerprint density at radius 3 is 2.12 bits per heavy atom. The molecule has 1 aromatic rings. The predicted octanol–water partition coefficient (Wildman–Crippen LogP) is 4.32. The molecule has 0 amide bonds. The average molecular weight is 345 g/mol. The Kier molecular flexibility index (Phi) is 8.11. The SMILES string of the molecule is CCC(C)C(=O)CCN1CCN(Cc2ccc(C(C)CC)cc2)CC1. The molecule has 1 aliphatic heterocycles. The van der Waals surface area contributed by atoms with E-state index in [1.807, 2.05) is 6.92 Å². The van der Waals surface area contributed by atoms with E-state index in [0.29, 0.717) is 18.1 Å². The summed E-state index contributed by atoms with van der Waals surface area (Å²) in [5, 5.41) is 0. The van der Waals surface area contributed by atoms with E-state index in [0.717, 1.165) is 45.7 Å². The lowest BCUT2D eigenvalue weighted by molar-refractivity contribution is -0.122. The van der Waals surface area contributed by atoms with Crippen molar-refractivity contribution in [1.82, 2.24) is 9.80 Å². The van der Waals surface area contributed by atoms with Crippen LogP contribution in [0.2, 0.25) is 0 Å². The number of benzene rings is 1. The quantitative estimate of drug-likeness (QED) is 0.666. The molecule has 0 bridgehead atoms. The predicted molar refractivity (Wildman–Crippen MR) is 106 cm³/mol. The van der Waals surface area contributed by atoms with Crippen molar-refractivity contribution in [1.29, 1.82) is 0 Å². The fourth-order valence-electron chi connectivity index (χ4n) is 3.36. The Labute approximate surface area is 154 Å². The molecule has 2 atom stereocenters. The van der Waals surface area contributed by atoms with Crippen LogP contribution < -0.4 is 0 Å². The van der Waals surface area contributed by atoms with Crippen LogP contribution in [0, 0.1) is 5.92 Å². The van der Waals surface area contributed by atoms with Gasteiger partial charge in [0.15, 0.2) is 0 Å². The third-order valence-electron chi connectivity index (χ3n) is 5.87. The first kappa shape index (κ1) is 20.1. The van der Waals surface area contributed by atoms with Gasteiger partial charge in [0, 0.05) is 51.6 Å². The molecule has 1 fully saturated rings. The summed E-state index contributed by atoms with van der Waals surface area (Å²) in [5.74, 6) is 1.29. The number of rotatable bonds is 9. The van der Waals surface area contributed by atoms with Crippen LogP contribution >= 0.6 is 0 Å². The van der Waals surface area contributed by atoms with Crippen molar-refractivity contribution in [3.8, 4) is 0 Å².